The first-order chi connectivity index (χ1) is 19.8. The number of anilines is 4. The largest absolute Gasteiger partial charge is 0.457 e. The fourth-order valence-electron chi connectivity index (χ4n) is 3.74. The molecule has 0 bridgehead atoms. The molecule has 0 aromatic heterocycles. The molecule has 3 nitrogen and oxygen atoms in total. The first-order valence-electron chi connectivity index (χ1n) is 11.8. The highest BCUT2D eigenvalue weighted by Gasteiger charge is 2.38. The minimum Gasteiger partial charge on any atom is -0.457 e. The van der Waals surface area contributed by atoms with Gasteiger partial charge in [-0.3, -0.25) is 0 Å². The molecule has 43 heavy (non-hydrogen) atoms. The highest BCUT2D eigenvalue weighted by molar-refractivity contribution is 5.64. The fraction of sp³-hybridized carbons (Fsp3) is 0.143. The molecule has 4 rings (SSSR count). The number of rotatable bonds is 6. The third-order valence-electron chi connectivity index (χ3n) is 5.70. The van der Waals surface area contributed by atoms with Gasteiger partial charge in [0.15, 0.2) is 0 Å². The van der Waals surface area contributed by atoms with Crippen molar-refractivity contribution in [3.05, 3.63) is 107 Å². The van der Waals surface area contributed by atoms with Crippen molar-refractivity contribution in [2.24, 2.45) is 0 Å². The van der Waals surface area contributed by atoms with Crippen molar-refractivity contribution in [3.63, 3.8) is 0 Å². The van der Waals surface area contributed by atoms with Crippen LogP contribution >= 0.6 is 0 Å². The molecule has 0 aliphatic carbocycles. The predicted octanol–water partition coefficient (Wildman–Crippen LogP) is 11.0. The average molecular weight is 624 g/mol. The molecule has 228 valence electrons. The molecule has 0 saturated heterocycles. The Morgan fingerprint density at radius 1 is 0.349 bits per heavy atom. The monoisotopic (exact) mass is 624 g/mol. The summed E-state index contributed by atoms with van der Waals surface area (Å²) >= 11 is 0. The second kappa shape index (κ2) is 11.3. The highest BCUT2D eigenvalue weighted by Crippen LogP contribution is 2.40. The number of benzene rings is 4. The number of hydrogen-bond acceptors (Lipinski definition) is 3. The smallest absolute Gasteiger partial charge is 0.416 e. The minimum absolute atomic E-state index is 0.00229. The molecule has 4 aromatic carbocycles. The van der Waals surface area contributed by atoms with E-state index in [-0.39, 0.29) is 35.0 Å². The van der Waals surface area contributed by atoms with Gasteiger partial charge in [0.25, 0.3) is 0 Å². The molecule has 4 aromatic rings. The SMILES string of the molecule is FC(F)(F)c1cc(Nc2ccc(Oc3ccc(Nc4cc(C(F)(F)F)cc(C(F)(F)F)c4)cc3)cc2)cc(C(F)(F)F)c1. The standard InChI is InChI=1S/C28H16F12N2O/c29-25(30,31)15-9-16(26(32,33)34)12-21(11-15)41-19-1-5-23(6-2-19)43-24-7-3-20(4-8-24)42-22-13-17(27(35,36)37)10-18(14-22)28(38,39)40/h1-14,41-42H. The number of hydrogen-bond donors (Lipinski definition) is 2. The van der Waals surface area contributed by atoms with E-state index in [1.165, 1.54) is 48.5 Å². The summed E-state index contributed by atoms with van der Waals surface area (Å²) in [4.78, 5) is 0. The summed E-state index contributed by atoms with van der Waals surface area (Å²) in [7, 11) is 0. The van der Waals surface area contributed by atoms with Crippen LogP contribution in [0.1, 0.15) is 22.3 Å². The van der Waals surface area contributed by atoms with Gasteiger partial charge in [0.2, 0.25) is 0 Å². The summed E-state index contributed by atoms with van der Waals surface area (Å²) in [6.45, 7) is 0. The van der Waals surface area contributed by atoms with Crippen LogP contribution in [0, 0.1) is 0 Å². The van der Waals surface area contributed by atoms with Gasteiger partial charge in [0.05, 0.1) is 22.3 Å². The lowest BCUT2D eigenvalue weighted by Crippen LogP contribution is -2.11. The van der Waals surface area contributed by atoms with E-state index in [0.717, 1.165) is 0 Å². The van der Waals surface area contributed by atoms with Crippen LogP contribution in [0.4, 0.5) is 75.4 Å². The molecule has 0 saturated carbocycles. The lowest BCUT2D eigenvalue weighted by Gasteiger charge is -2.16. The van der Waals surface area contributed by atoms with Gasteiger partial charge < -0.3 is 15.4 Å². The molecule has 2 N–H and O–H groups in total. The van der Waals surface area contributed by atoms with E-state index in [0.29, 0.717) is 24.3 Å². The van der Waals surface area contributed by atoms with Crippen LogP contribution in [0.15, 0.2) is 84.9 Å². The van der Waals surface area contributed by atoms with Crippen LogP contribution in [0.25, 0.3) is 0 Å². The molecule has 0 amide bonds. The molecule has 0 fully saturated rings. The predicted molar refractivity (Wildman–Crippen MR) is 132 cm³/mol. The first kappa shape index (κ1) is 31.4. The van der Waals surface area contributed by atoms with Gasteiger partial charge in [-0.05, 0) is 84.9 Å². The van der Waals surface area contributed by atoms with Crippen molar-refractivity contribution in [1.82, 2.24) is 0 Å². The maximum Gasteiger partial charge on any atom is 0.416 e. The van der Waals surface area contributed by atoms with Crippen molar-refractivity contribution >= 4 is 22.7 Å². The molecule has 0 heterocycles. The zero-order valence-corrected chi connectivity index (χ0v) is 21.0. The van der Waals surface area contributed by atoms with E-state index >= 15 is 0 Å². The van der Waals surface area contributed by atoms with E-state index in [9.17, 15) is 52.7 Å². The Kier molecular flexibility index (Phi) is 8.22. The van der Waals surface area contributed by atoms with E-state index in [1.54, 1.807) is 0 Å². The second-order valence-electron chi connectivity index (χ2n) is 8.99. The van der Waals surface area contributed by atoms with E-state index in [1.807, 2.05) is 0 Å². The zero-order valence-electron chi connectivity index (χ0n) is 21.0. The van der Waals surface area contributed by atoms with Gasteiger partial charge >= 0.3 is 24.7 Å². The van der Waals surface area contributed by atoms with Crippen LogP contribution in [0.5, 0.6) is 11.5 Å². The average Bonchev–Trinajstić information content (AvgIpc) is 2.88. The number of nitrogens with one attached hydrogen (secondary N) is 2. The van der Waals surface area contributed by atoms with Gasteiger partial charge in [-0.25, -0.2) is 0 Å². The third-order valence-corrected chi connectivity index (χ3v) is 5.70. The number of ether oxygens (including phenoxy) is 1. The molecule has 0 spiro atoms. The minimum atomic E-state index is -5.01. The van der Waals surface area contributed by atoms with E-state index in [2.05, 4.69) is 10.6 Å². The van der Waals surface area contributed by atoms with Crippen LogP contribution in [-0.2, 0) is 24.7 Å². The molecule has 15 heteroatoms. The van der Waals surface area contributed by atoms with Gasteiger partial charge in [-0.15, -0.1) is 0 Å². The topological polar surface area (TPSA) is 33.3 Å². The Morgan fingerprint density at radius 2 is 0.605 bits per heavy atom. The quantitative estimate of drug-likeness (QED) is 0.210. The Hall–Kier alpha value is -4.56. The molecule has 0 aliphatic rings. The van der Waals surface area contributed by atoms with Crippen molar-refractivity contribution in [3.8, 4) is 11.5 Å². The van der Waals surface area contributed by atoms with Crippen molar-refractivity contribution < 1.29 is 57.4 Å². The normalized spacial score (nSPS) is 12.7. The second-order valence-corrected chi connectivity index (χ2v) is 8.99. The summed E-state index contributed by atoms with van der Waals surface area (Å²) < 4.78 is 163. The first-order valence-corrected chi connectivity index (χ1v) is 11.8. The lowest BCUT2D eigenvalue weighted by molar-refractivity contribution is -0.144. The van der Waals surface area contributed by atoms with Gasteiger partial charge in [-0.2, -0.15) is 52.7 Å². The Labute approximate surface area is 234 Å². The van der Waals surface area contributed by atoms with Crippen molar-refractivity contribution in [2.75, 3.05) is 10.6 Å². The molecule has 0 unspecified atom stereocenters. The number of halogens is 12. The summed E-state index contributed by atoms with van der Waals surface area (Å²) in [5.74, 6) is 0.387. The Morgan fingerprint density at radius 3 is 0.837 bits per heavy atom. The summed E-state index contributed by atoms with van der Waals surface area (Å²) in [5, 5.41) is 4.94. The summed E-state index contributed by atoms with van der Waals surface area (Å²) in [5.41, 5.74) is -6.59. The van der Waals surface area contributed by atoms with Gasteiger partial charge in [-0.1, -0.05) is 0 Å². The fourth-order valence-corrected chi connectivity index (χ4v) is 3.74. The van der Waals surface area contributed by atoms with Crippen molar-refractivity contribution in [1.29, 1.82) is 0 Å². The highest BCUT2D eigenvalue weighted by atomic mass is 19.4. The van der Waals surface area contributed by atoms with Gasteiger partial charge in [0.1, 0.15) is 11.5 Å². The molecular formula is C28H16F12N2O. The zero-order chi connectivity index (χ0) is 31.8. The maximum atomic E-state index is 13.1. The van der Waals surface area contributed by atoms with Crippen LogP contribution in [0.2, 0.25) is 0 Å². The van der Waals surface area contributed by atoms with Crippen LogP contribution < -0.4 is 15.4 Å². The van der Waals surface area contributed by atoms with Crippen LogP contribution in [0.3, 0.4) is 0 Å². The Bertz CT molecular complexity index is 1390. The Balaban J connectivity index is 1.46. The summed E-state index contributed by atoms with van der Waals surface area (Å²) in [6, 6.07) is 12.8. The van der Waals surface area contributed by atoms with E-state index in [4.69, 9.17) is 4.74 Å². The van der Waals surface area contributed by atoms with Gasteiger partial charge in [0, 0.05) is 22.7 Å². The van der Waals surface area contributed by atoms with Crippen LogP contribution in [-0.4, -0.2) is 0 Å². The summed E-state index contributed by atoms with van der Waals surface area (Å²) in [6.07, 6.45) is -20.1. The molecule has 0 atom stereocenters. The lowest BCUT2D eigenvalue weighted by atomic mass is 10.1. The number of alkyl halides is 12. The molecular weight excluding hydrogens is 608 g/mol. The van der Waals surface area contributed by atoms with E-state index < -0.39 is 58.3 Å². The third kappa shape index (κ3) is 8.26. The maximum absolute atomic E-state index is 13.1. The van der Waals surface area contributed by atoms with Crippen molar-refractivity contribution in [2.45, 2.75) is 24.7 Å². The molecule has 0 radical (unpaired) electrons. The molecule has 0 aliphatic heterocycles.